The van der Waals surface area contributed by atoms with Gasteiger partial charge in [-0.3, -0.25) is 9.69 Å². The molecule has 1 aromatic rings. The number of amides is 1. The maximum Gasteiger partial charge on any atom is 0.341 e. The van der Waals surface area contributed by atoms with E-state index < -0.39 is 5.97 Å². The third kappa shape index (κ3) is 4.34. The van der Waals surface area contributed by atoms with Crippen molar-refractivity contribution >= 4 is 28.2 Å². The van der Waals surface area contributed by atoms with Crippen LogP contribution >= 0.6 is 11.3 Å². The minimum absolute atomic E-state index is 0.114. The summed E-state index contributed by atoms with van der Waals surface area (Å²) < 4.78 is 10.6. The lowest BCUT2D eigenvalue weighted by molar-refractivity contribution is -0.121. The Morgan fingerprint density at radius 1 is 1.33 bits per heavy atom. The first-order valence-corrected chi connectivity index (χ1v) is 9.05. The van der Waals surface area contributed by atoms with Gasteiger partial charge in [-0.05, 0) is 32.8 Å². The van der Waals surface area contributed by atoms with Crippen LogP contribution in [-0.2, 0) is 20.7 Å². The molecule has 6 nitrogen and oxygen atoms in total. The largest absolute Gasteiger partial charge is 0.465 e. The number of aryl methyl sites for hydroxylation is 1. The highest BCUT2D eigenvalue weighted by Gasteiger charge is 2.26. The van der Waals surface area contributed by atoms with Crippen LogP contribution in [0, 0.1) is 6.92 Å². The summed E-state index contributed by atoms with van der Waals surface area (Å²) in [6.07, 6.45) is 0.951. The molecule has 1 aliphatic heterocycles. The van der Waals surface area contributed by atoms with E-state index in [1.165, 1.54) is 18.4 Å². The average molecular weight is 354 g/mol. The highest BCUT2D eigenvalue weighted by atomic mass is 32.1. The molecule has 2 unspecified atom stereocenters. The van der Waals surface area contributed by atoms with Crippen LogP contribution in [0.4, 0.5) is 5.00 Å². The van der Waals surface area contributed by atoms with Gasteiger partial charge in [-0.15, -0.1) is 11.3 Å². The van der Waals surface area contributed by atoms with E-state index >= 15 is 0 Å². The minimum atomic E-state index is -0.403. The minimum Gasteiger partial charge on any atom is -0.465 e. The number of anilines is 1. The van der Waals surface area contributed by atoms with Gasteiger partial charge in [0, 0.05) is 18.0 Å². The van der Waals surface area contributed by atoms with Crippen LogP contribution in [0.25, 0.3) is 0 Å². The number of hydrogen-bond donors (Lipinski definition) is 1. The van der Waals surface area contributed by atoms with E-state index in [1.54, 1.807) is 0 Å². The summed E-state index contributed by atoms with van der Waals surface area (Å²) in [6, 6.07) is 0. The Kier molecular flexibility index (Phi) is 6.37. The van der Waals surface area contributed by atoms with Crippen molar-refractivity contribution < 1.29 is 19.1 Å². The number of esters is 1. The lowest BCUT2D eigenvalue weighted by Gasteiger charge is -2.34. The Labute approximate surface area is 147 Å². The number of morpholine rings is 1. The predicted molar refractivity (Wildman–Crippen MR) is 94.9 cm³/mol. The fraction of sp³-hybridized carbons (Fsp3) is 0.647. The number of carbonyl (C=O) groups is 2. The number of hydrogen-bond acceptors (Lipinski definition) is 6. The quantitative estimate of drug-likeness (QED) is 0.823. The van der Waals surface area contributed by atoms with E-state index in [0.717, 1.165) is 30.0 Å². The summed E-state index contributed by atoms with van der Waals surface area (Å²) in [5.74, 6) is -0.523. The Morgan fingerprint density at radius 2 is 1.96 bits per heavy atom. The maximum absolute atomic E-state index is 12.4. The Bertz CT molecular complexity index is 604. The van der Waals surface area contributed by atoms with Crippen LogP contribution in [0.1, 0.15) is 41.6 Å². The van der Waals surface area contributed by atoms with E-state index in [0.29, 0.717) is 10.6 Å². The molecule has 2 rings (SSSR count). The van der Waals surface area contributed by atoms with Gasteiger partial charge in [-0.25, -0.2) is 4.79 Å². The summed E-state index contributed by atoms with van der Waals surface area (Å²) in [5, 5.41) is 3.47. The number of thiophene rings is 1. The van der Waals surface area contributed by atoms with Crippen molar-refractivity contribution in [2.24, 2.45) is 0 Å². The molecule has 2 atom stereocenters. The molecule has 1 fully saturated rings. The monoisotopic (exact) mass is 354 g/mol. The summed E-state index contributed by atoms with van der Waals surface area (Å²) in [6.45, 7) is 9.70. The summed E-state index contributed by atoms with van der Waals surface area (Å²) in [5.41, 5.74) is 1.43. The van der Waals surface area contributed by atoms with Crippen LogP contribution in [0.2, 0.25) is 0 Å². The van der Waals surface area contributed by atoms with Crippen LogP contribution in [-0.4, -0.2) is 55.7 Å². The van der Waals surface area contributed by atoms with Crippen LogP contribution < -0.4 is 5.32 Å². The van der Waals surface area contributed by atoms with Gasteiger partial charge in [0.2, 0.25) is 5.91 Å². The molecule has 1 aromatic heterocycles. The number of nitrogens with one attached hydrogen (secondary N) is 1. The Hall–Kier alpha value is -1.44. The number of nitrogens with zero attached hydrogens (tertiary/aromatic N) is 1. The van der Waals surface area contributed by atoms with E-state index in [-0.39, 0.29) is 24.7 Å². The molecule has 1 saturated heterocycles. The first-order valence-electron chi connectivity index (χ1n) is 8.23. The second kappa shape index (κ2) is 8.09. The van der Waals surface area contributed by atoms with Gasteiger partial charge in [-0.2, -0.15) is 0 Å². The van der Waals surface area contributed by atoms with Gasteiger partial charge in [0.05, 0.1) is 31.4 Å². The number of carbonyl (C=O) groups excluding carboxylic acids is 2. The van der Waals surface area contributed by atoms with Gasteiger partial charge in [0.25, 0.3) is 0 Å². The zero-order valence-electron chi connectivity index (χ0n) is 15.0. The van der Waals surface area contributed by atoms with Gasteiger partial charge >= 0.3 is 5.97 Å². The second-order valence-electron chi connectivity index (χ2n) is 6.19. The molecule has 0 spiro atoms. The number of methoxy groups -OCH3 is 1. The average Bonchev–Trinajstić information content (AvgIpc) is 2.80. The van der Waals surface area contributed by atoms with E-state index in [9.17, 15) is 9.59 Å². The first kappa shape index (κ1) is 18.9. The lowest BCUT2D eigenvalue weighted by Crippen LogP contribution is -2.48. The number of ether oxygens (including phenoxy) is 2. The topological polar surface area (TPSA) is 67.9 Å². The molecule has 7 heteroatoms. The first-order chi connectivity index (χ1) is 11.3. The fourth-order valence-electron chi connectivity index (χ4n) is 3.19. The summed E-state index contributed by atoms with van der Waals surface area (Å²) in [7, 11) is 1.36. The Morgan fingerprint density at radius 3 is 2.50 bits per heavy atom. The third-order valence-electron chi connectivity index (χ3n) is 4.07. The molecule has 2 heterocycles. The van der Waals surface area contributed by atoms with E-state index in [2.05, 4.69) is 10.2 Å². The highest BCUT2D eigenvalue weighted by molar-refractivity contribution is 7.16. The molecule has 0 aromatic carbocycles. The zero-order valence-corrected chi connectivity index (χ0v) is 15.8. The molecule has 0 bridgehead atoms. The summed E-state index contributed by atoms with van der Waals surface area (Å²) >= 11 is 1.42. The smallest absolute Gasteiger partial charge is 0.341 e. The molecule has 1 amide bonds. The van der Waals surface area contributed by atoms with Crippen molar-refractivity contribution in [3.63, 3.8) is 0 Å². The molecular formula is C17H26N2O4S. The molecular weight excluding hydrogens is 328 g/mol. The van der Waals surface area contributed by atoms with E-state index in [4.69, 9.17) is 9.47 Å². The van der Waals surface area contributed by atoms with Crippen LogP contribution in [0.3, 0.4) is 0 Å². The Balaban J connectivity index is 2.10. The molecule has 0 radical (unpaired) electrons. The summed E-state index contributed by atoms with van der Waals surface area (Å²) in [4.78, 5) is 27.6. The van der Waals surface area contributed by atoms with Crippen molar-refractivity contribution in [2.45, 2.75) is 46.3 Å². The van der Waals surface area contributed by atoms with E-state index in [1.807, 2.05) is 27.7 Å². The molecule has 134 valence electrons. The maximum atomic E-state index is 12.4. The molecule has 1 N–H and O–H groups in total. The molecule has 0 aliphatic carbocycles. The second-order valence-corrected chi connectivity index (χ2v) is 7.41. The fourth-order valence-corrected chi connectivity index (χ4v) is 4.34. The zero-order chi connectivity index (χ0) is 17.9. The highest BCUT2D eigenvalue weighted by Crippen LogP contribution is 2.34. The SMILES string of the molecule is CCc1c(C)sc(NC(=O)CN2CC(C)OC(C)C2)c1C(=O)OC. The van der Waals surface area contributed by atoms with Crippen molar-refractivity contribution in [1.82, 2.24) is 4.90 Å². The van der Waals surface area contributed by atoms with Crippen molar-refractivity contribution in [3.8, 4) is 0 Å². The predicted octanol–water partition coefficient (Wildman–Crippen LogP) is 2.45. The van der Waals surface area contributed by atoms with Gasteiger partial charge in [0.15, 0.2) is 0 Å². The van der Waals surface area contributed by atoms with Crippen molar-refractivity contribution in [3.05, 3.63) is 16.0 Å². The standard InChI is InChI=1S/C17H26N2O4S/c1-6-13-12(4)24-16(15(13)17(21)22-5)18-14(20)9-19-7-10(2)23-11(3)8-19/h10-11H,6-9H2,1-5H3,(H,18,20). The van der Waals surface area contributed by atoms with Crippen LogP contribution in [0.15, 0.2) is 0 Å². The molecule has 24 heavy (non-hydrogen) atoms. The lowest BCUT2D eigenvalue weighted by atomic mass is 10.1. The van der Waals surface area contributed by atoms with Crippen LogP contribution in [0.5, 0.6) is 0 Å². The van der Waals surface area contributed by atoms with Crippen molar-refractivity contribution in [2.75, 3.05) is 32.1 Å². The normalized spacial score (nSPS) is 21.5. The van der Waals surface area contributed by atoms with Gasteiger partial charge in [-0.1, -0.05) is 6.92 Å². The molecule has 0 saturated carbocycles. The molecule has 1 aliphatic rings. The van der Waals surface area contributed by atoms with Crippen molar-refractivity contribution in [1.29, 1.82) is 0 Å². The van der Waals surface area contributed by atoms with Gasteiger partial charge < -0.3 is 14.8 Å². The van der Waals surface area contributed by atoms with Gasteiger partial charge in [0.1, 0.15) is 5.00 Å². The third-order valence-corrected chi connectivity index (χ3v) is 5.13. The number of rotatable bonds is 5.